The molecule has 0 unspecified atom stereocenters. The average Bonchev–Trinajstić information content (AvgIpc) is 2.41. The number of hydrogen-bond acceptors (Lipinski definition) is 2. The predicted molar refractivity (Wildman–Crippen MR) is 80.9 cm³/mol. The van der Waals surface area contributed by atoms with E-state index in [0.717, 1.165) is 11.1 Å². The molecule has 0 aromatic heterocycles. The predicted octanol–water partition coefficient (Wildman–Crippen LogP) is 4.12. The molecule has 2 atom stereocenters. The van der Waals surface area contributed by atoms with Crippen LogP contribution in [0.15, 0.2) is 60.7 Å². The van der Waals surface area contributed by atoms with Gasteiger partial charge in [0.1, 0.15) is 0 Å². The fourth-order valence-electron chi connectivity index (χ4n) is 1.46. The number of aliphatic hydroxyl groups is 2. The first kappa shape index (κ1) is 17.4. The number of rotatable bonds is 2. The molecule has 0 aliphatic carbocycles. The van der Waals surface area contributed by atoms with Crippen molar-refractivity contribution >= 4 is 0 Å². The van der Waals surface area contributed by atoms with E-state index in [1.165, 1.54) is 0 Å². The van der Waals surface area contributed by atoms with Gasteiger partial charge in [-0.25, -0.2) is 0 Å². The van der Waals surface area contributed by atoms with Crippen molar-refractivity contribution in [3.8, 4) is 0 Å². The maximum atomic E-state index is 9.02. The lowest BCUT2D eigenvalue weighted by Crippen LogP contribution is -1.87. The zero-order valence-corrected chi connectivity index (χ0v) is 10.8. The van der Waals surface area contributed by atoms with Crippen LogP contribution in [0.5, 0.6) is 0 Å². The Morgan fingerprint density at radius 1 is 0.632 bits per heavy atom. The van der Waals surface area contributed by atoms with Crippen LogP contribution in [0, 0.1) is 0 Å². The Bertz CT molecular complexity index is 378. The first-order valence-corrected chi connectivity index (χ1v) is 6.07. The first-order chi connectivity index (χ1) is 8.61. The highest BCUT2D eigenvalue weighted by atomic mass is 16.3. The second-order valence-corrected chi connectivity index (χ2v) is 4.17. The number of aliphatic hydroxyl groups excluding tert-OH is 2. The van der Waals surface area contributed by atoms with Crippen LogP contribution >= 0.6 is 0 Å². The highest BCUT2D eigenvalue weighted by molar-refractivity contribution is 5.16. The van der Waals surface area contributed by atoms with Crippen LogP contribution in [-0.4, -0.2) is 10.2 Å². The third kappa shape index (κ3) is 6.75. The van der Waals surface area contributed by atoms with E-state index in [1.807, 2.05) is 60.7 Å². The fraction of sp³-hybridized carbons (Fsp3) is 0.294. The molecule has 2 N–H and O–H groups in total. The van der Waals surface area contributed by atoms with Gasteiger partial charge in [-0.2, -0.15) is 0 Å². The SMILES string of the molecule is C.C[C@@H](O)c1ccccc1.C[C@H](O)c1ccccc1. The standard InChI is InChI=1S/2C8H10O.CH4/c2*1-7(9)8-5-3-2-4-6-8;/h2*2-7,9H,1H3;1H4/t2*7-;/m10./s1. The molecule has 2 nitrogen and oxygen atoms in total. The summed E-state index contributed by atoms with van der Waals surface area (Å²) in [5.41, 5.74) is 1.94. The topological polar surface area (TPSA) is 40.5 Å². The minimum atomic E-state index is -0.341. The van der Waals surface area contributed by atoms with Gasteiger partial charge in [0, 0.05) is 0 Å². The van der Waals surface area contributed by atoms with Crippen LogP contribution < -0.4 is 0 Å². The molecule has 0 aliphatic rings. The minimum absolute atomic E-state index is 0. The Balaban J connectivity index is 0.000000324. The fourth-order valence-corrected chi connectivity index (χ4v) is 1.46. The summed E-state index contributed by atoms with van der Waals surface area (Å²) in [7, 11) is 0. The molecule has 19 heavy (non-hydrogen) atoms. The van der Waals surface area contributed by atoms with Gasteiger partial charge in [0.25, 0.3) is 0 Å². The molecule has 0 aliphatic heterocycles. The van der Waals surface area contributed by atoms with E-state index in [9.17, 15) is 0 Å². The van der Waals surface area contributed by atoms with E-state index in [4.69, 9.17) is 10.2 Å². The summed E-state index contributed by atoms with van der Waals surface area (Å²) >= 11 is 0. The van der Waals surface area contributed by atoms with Crippen molar-refractivity contribution < 1.29 is 10.2 Å². The summed E-state index contributed by atoms with van der Waals surface area (Å²) < 4.78 is 0. The van der Waals surface area contributed by atoms with E-state index in [1.54, 1.807) is 13.8 Å². The first-order valence-electron chi connectivity index (χ1n) is 6.07. The van der Waals surface area contributed by atoms with Crippen LogP contribution in [0.25, 0.3) is 0 Å². The summed E-state index contributed by atoms with van der Waals surface area (Å²) in [6.45, 7) is 3.52. The van der Waals surface area contributed by atoms with Crippen LogP contribution in [0.3, 0.4) is 0 Å². The second kappa shape index (κ2) is 9.31. The van der Waals surface area contributed by atoms with Gasteiger partial charge in [-0.05, 0) is 25.0 Å². The Labute approximate surface area is 116 Å². The van der Waals surface area contributed by atoms with Crippen molar-refractivity contribution in [2.24, 2.45) is 0 Å². The van der Waals surface area contributed by atoms with Gasteiger partial charge in [-0.1, -0.05) is 68.1 Å². The van der Waals surface area contributed by atoms with Gasteiger partial charge in [-0.3, -0.25) is 0 Å². The lowest BCUT2D eigenvalue weighted by molar-refractivity contribution is 0.199. The average molecular weight is 260 g/mol. The molecule has 2 rings (SSSR count). The van der Waals surface area contributed by atoms with Crippen molar-refractivity contribution in [1.82, 2.24) is 0 Å². The molecule has 104 valence electrons. The van der Waals surface area contributed by atoms with Gasteiger partial charge in [0.05, 0.1) is 12.2 Å². The normalized spacial score (nSPS) is 12.4. The van der Waals surface area contributed by atoms with Crippen molar-refractivity contribution in [3.63, 3.8) is 0 Å². The highest BCUT2D eigenvalue weighted by Gasteiger charge is 1.95. The Kier molecular flexibility index (Phi) is 8.51. The molecule has 0 amide bonds. The van der Waals surface area contributed by atoms with E-state index in [2.05, 4.69) is 0 Å². The third-order valence-corrected chi connectivity index (χ3v) is 2.56. The van der Waals surface area contributed by atoms with Crippen molar-refractivity contribution in [2.75, 3.05) is 0 Å². The summed E-state index contributed by atoms with van der Waals surface area (Å²) in [6, 6.07) is 19.2. The van der Waals surface area contributed by atoms with E-state index >= 15 is 0 Å². The van der Waals surface area contributed by atoms with Crippen LogP contribution in [0.1, 0.15) is 44.6 Å². The molecule has 0 bridgehead atoms. The lowest BCUT2D eigenvalue weighted by Gasteiger charge is -2.00. The van der Waals surface area contributed by atoms with Crippen LogP contribution in [0.4, 0.5) is 0 Å². The molecule has 0 saturated heterocycles. The molecule has 0 saturated carbocycles. The van der Waals surface area contributed by atoms with Crippen molar-refractivity contribution in [3.05, 3.63) is 71.8 Å². The number of hydrogen-bond donors (Lipinski definition) is 2. The molecule has 0 heterocycles. The maximum Gasteiger partial charge on any atom is 0.0761 e. The number of benzene rings is 2. The largest absolute Gasteiger partial charge is 0.389 e. The van der Waals surface area contributed by atoms with Crippen molar-refractivity contribution in [1.29, 1.82) is 0 Å². The zero-order chi connectivity index (χ0) is 13.4. The van der Waals surface area contributed by atoms with Gasteiger partial charge >= 0.3 is 0 Å². The van der Waals surface area contributed by atoms with Crippen LogP contribution in [-0.2, 0) is 0 Å². The zero-order valence-electron chi connectivity index (χ0n) is 10.8. The Morgan fingerprint density at radius 2 is 0.895 bits per heavy atom. The summed E-state index contributed by atoms with van der Waals surface area (Å²) in [6.07, 6.45) is -0.683. The molecule has 0 fully saturated rings. The smallest absolute Gasteiger partial charge is 0.0761 e. The molecule has 0 spiro atoms. The molecule has 2 aromatic rings. The van der Waals surface area contributed by atoms with Gasteiger partial charge in [0.15, 0.2) is 0 Å². The molecule has 0 radical (unpaired) electrons. The van der Waals surface area contributed by atoms with E-state index in [-0.39, 0.29) is 19.6 Å². The monoisotopic (exact) mass is 260 g/mol. The second-order valence-electron chi connectivity index (χ2n) is 4.17. The lowest BCUT2D eigenvalue weighted by atomic mass is 10.1. The Morgan fingerprint density at radius 3 is 1.05 bits per heavy atom. The molecular weight excluding hydrogens is 236 g/mol. The van der Waals surface area contributed by atoms with Gasteiger partial charge in [0.2, 0.25) is 0 Å². The van der Waals surface area contributed by atoms with Crippen molar-refractivity contribution in [2.45, 2.75) is 33.5 Å². The van der Waals surface area contributed by atoms with E-state index in [0.29, 0.717) is 0 Å². The summed E-state index contributed by atoms with van der Waals surface area (Å²) in [5.74, 6) is 0. The van der Waals surface area contributed by atoms with Gasteiger partial charge in [-0.15, -0.1) is 0 Å². The highest BCUT2D eigenvalue weighted by Crippen LogP contribution is 2.09. The Hall–Kier alpha value is -1.64. The molecular formula is C17H24O2. The van der Waals surface area contributed by atoms with Crippen LogP contribution in [0.2, 0.25) is 0 Å². The molecule has 2 heteroatoms. The summed E-state index contributed by atoms with van der Waals surface area (Å²) in [4.78, 5) is 0. The quantitative estimate of drug-likeness (QED) is 0.853. The third-order valence-electron chi connectivity index (χ3n) is 2.56. The molecule has 2 aromatic carbocycles. The minimum Gasteiger partial charge on any atom is -0.389 e. The van der Waals surface area contributed by atoms with E-state index < -0.39 is 0 Å². The maximum absolute atomic E-state index is 9.02. The van der Waals surface area contributed by atoms with Gasteiger partial charge < -0.3 is 10.2 Å². The summed E-state index contributed by atoms with van der Waals surface area (Å²) in [5, 5.41) is 18.0.